The first-order valence-electron chi connectivity index (χ1n) is 7.59. The number of amides is 2. The SMILES string of the molecule is CCOc1ccc(SCC(=O)NC(C(N)=O)c2ccccc2)cc1. The maximum Gasteiger partial charge on any atom is 0.244 e. The van der Waals surface area contributed by atoms with Crippen LogP contribution in [0.15, 0.2) is 59.5 Å². The van der Waals surface area contributed by atoms with Crippen molar-refractivity contribution in [2.24, 2.45) is 5.73 Å². The predicted octanol–water partition coefficient (Wildman–Crippen LogP) is 2.52. The highest BCUT2D eigenvalue weighted by atomic mass is 32.2. The number of nitrogens with two attached hydrogens (primary N) is 1. The molecule has 2 aromatic carbocycles. The Labute approximate surface area is 145 Å². The molecule has 0 radical (unpaired) electrons. The van der Waals surface area contributed by atoms with Crippen molar-refractivity contribution in [3.8, 4) is 5.75 Å². The highest BCUT2D eigenvalue weighted by molar-refractivity contribution is 8.00. The van der Waals surface area contributed by atoms with E-state index in [1.807, 2.05) is 37.3 Å². The summed E-state index contributed by atoms with van der Waals surface area (Å²) < 4.78 is 5.37. The number of carbonyl (C=O) groups is 2. The summed E-state index contributed by atoms with van der Waals surface area (Å²) in [6, 6.07) is 15.6. The van der Waals surface area contributed by atoms with Gasteiger partial charge in [0.05, 0.1) is 12.4 Å². The molecule has 1 unspecified atom stereocenters. The molecule has 126 valence electrons. The molecule has 0 aliphatic rings. The number of benzene rings is 2. The summed E-state index contributed by atoms with van der Waals surface area (Å²) in [5, 5.41) is 2.68. The first-order chi connectivity index (χ1) is 11.6. The third kappa shape index (κ3) is 5.31. The molecule has 3 N–H and O–H groups in total. The van der Waals surface area contributed by atoms with E-state index in [9.17, 15) is 9.59 Å². The minimum atomic E-state index is -0.820. The van der Waals surface area contributed by atoms with Crippen LogP contribution in [0.3, 0.4) is 0 Å². The minimum absolute atomic E-state index is 0.199. The molecule has 0 aromatic heterocycles. The van der Waals surface area contributed by atoms with Gasteiger partial charge >= 0.3 is 0 Å². The Morgan fingerprint density at radius 2 is 1.79 bits per heavy atom. The Bertz CT molecular complexity index is 674. The van der Waals surface area contributed by atoms with Crippen molar-refractivity contribution >= 4 is 23.6 Å². The Hall–Kier alpha value is -2.47. The molecular weight excluding hydrogens is 324 g/mol. The quantitative estimate of drug-likeness (QED) is 0.721. The lowest BCUT2D eigenvalue weighted by Gasteiger charge is -2.15. The van der Waals surface area contributed by atoms with Gasteiger partial charge in [-0.05, 0) is 36.8 Å². The Morgan fingerprint density at radius 3 is 2.38 bits per heavy atom. The van der Waals surface area contributed by atoms with Gasteiger partial charge in [-0.2, -0.15) is 0 Å². The molecule has 0 aliphatic heterocycles. The fourth-order valence-corrected chi connectivity index (χ4v) is 2.82. The van der Waals surface area contributed by atoms with Crippen molar-refractivity contribution in [1.29, 1.82) is 0 Å². The lowest BCUT2D eigenvalue weighted by molar-refractivity contribution is -0.126. The number of hydrogen-bond donors (Lipinski definition) is 2. The van der Waals surface area contributed by atoms with Gasteiger partial charge < -0.3 is 15.8 Å². The summed E-state index contributed by atoms with van der Waals surface area (Å²) in [5.41, 5.74) is 6.07. The topological polar surface area (TPSA) is 81.4 Å². The predicted molar refractivity (Wildman–Crippen MR) is 94.9 cm³/mol. The summed E-state index contributed by atoms with van der Waals surface area (Å²) in [5.74, 6) is 0.163. The van der Waals surface area contributed by atoms with E-state index in [0.717, 1.165) is 10.6 Å². The van der Waals surface area contributed by atoms with Crippen LogP contribution in [0, 0.1) is 0 Å². The molecule has 2 rings (SSSR count). The van der Waals surface area contributed by atoms with Crippen LogP contribution in [0.1, 0.15) is 18.5 Å². The molecule has 0 saturated heterocycles. The van der Waals surface area contributed by atoms with Gasteiger partial charge in [-0.15, -0.1) is 11.8 Å². The average Bonchev–Trinajstić information content (AvgIpc) is 2.60. The Morgan fingerprint density at radius 1 is 1.12 bits per heavy atom. The van der Waals surface area contributed by atoms with Crippen molar-refractivity contribution in [2.75, 3.05) is 12.4 Å². The van der Waals surface area contributed by atoms with Crippen LogP contribution in [-0.4, -0.2) is 24.2 Å². The van der Waals surface area contributed by atoms with E-state index in [-0.39, 0.29) is 11.7 Å². The molecule has 0 heterocycles. The summed E-state index contributed by atoms with van der Waals surface area (Å²) in [4.78, 5) is 24.7. The van der Waals surface area contributed by atoms with Gasteiger partial charge in [-0.3, -0.25) is 9.59 Å². The van der Waals surface area contributed by atoms with Gasteiger partial charge in [-0.1, -0.05) is 30.3 Å². The number of nitrogens with one attached hydrogen (secondary N) is 1. The first kappa shape index (κ1) is 17.9. The normalized spacial score (nSPS) is 11.5. The molecule has 0 fully saturated rings. The lowest BCUT2D eigenvalue weighted by Crippen LogP contribution is -2.38. The van der Waals surface area contributed by atoms with Crippen LogP contribution in [-0.2, 0) is 9.59 Å². The zero-order valence-corrected chi connectivity index (χ0v) is 14.2. The highest BCUT2D eigenvalue weighted by Crippen LogP contribution is 2.21. The number of carbonyl (C=O) groups excluding carboxylic acids is 2. The third-order valence-electron chi connectivity index (χ3n) is 3.23. The highest BCUT2D eigenvalue weighted by Gasteiger charge is 2.19. The fraction of sp³-hybridized carbons (Fsp3) is 0.222. The van der Waals surface area contributed by atoms with Gasteiger partial charge in [0.1, 0.15) is 11.8 Å². The van der Waals surface area contributed by atoms with E-state index in [0.29, 0.717) is 12.2 Å². The van der Waals surface area contributed by atoms with Crippen LogP contribution in [0.5, 0.6) is 5.75 Å². The van der Waals surface area contributed by atoms with Gasteiger partial charge in [0.25, 0.3) is 0 Å². The maximum absolute atomic E-state index is 12.1. The largest absolute Gasteiger partial charge is 0.494 e. The molecule has 1 atom stereocenters. The van der Waals surface area contributed by atoms with Crippen LogP contribution < -0.4 is 15.8 Å². The molecule has 2 amide bonds. The monoisotopic (exact) mass is 344 g/mol. The van der Waals surface area contributed by atoms with Crippen LogP contribution in [0.25, 0.3) is 0 Å². The summed E-state index contributed by atoms with van der Waals surface area (Å²) >= 11 is 1.38. The first-order valence-corrected chi connectivity index (χ1v) is 8.58. The van der Waals surface area contributed by atoms with Gasteiger partial charge in [-0.25, -0.2) is 0 Å². The van der Waals surface area contributed by atoms with Crippen molar-refractivity contribution in [3.63, 3.8) is 0 Å². The molecule has 6 heteroatoms. The minimum Gasteiger partial charge on any atom is -0.494 e. The zero-order valence-electron chi connectivity index (χ0n) is 13.4. The summed E-state index contributed by atoms with van der Waals surface area (Å²) in [6.07, 6.45) is 0. The number of ether oxygens (including phenoxy) is 1. The van der Waals surface area contributed by atoms with Crippen LogP contribution in [0.2, 0.25) is 0 Å². The van der Waals surface area contributed by atoms with Gasteiger partial charge in [0.15, 0.2) is 0 Å². The Balaban J connectivity index is 1.90. The van der Waals surface area contributed by atoms with Crippen LogP contribution in [0.4, 0.5) is 0 Å². The van der Waals surface area contributed by atoms with E-state index >= 15 is 0 Å². The van der Waals surface area contributed by atoms with Crippen molar-refractivity contribution < 1.29 is 14.3 Å². The standard InChI is InChI=1S/C18H20N2O3S/c1-2-23-14-8-10-15(11-9-14)24-12-16(21)20-17(18(19)22)13-6-4-3-5-7-13/h3-11,17H,2,12H2,1H3,(H2,19,22)(H,20,21). The lowest BCUT2D eigenvalue weighted by atomic mass is 10.1. The van der Waals surface area contributed by atoms with E-state index in [1.54, 1.807) is 24.3 Å². The number of primary amides is 1. The summed E-state index contributed by atoms with van der Waals surface area (Å²) in [6.45, 7) is 2.54. The number of thioether (sulfide) groups is 1. The second-order valence-electron chi connectivity index (χ2n) is 5.01. The third-order valence-corrected chi connectivity index (χ3v) is 4.24. The smallest absolute Gasteiger partial charge is 0.244 e. The van der Waals surface area contributed by atoms with Crippen molar-refractivity contribution in [3.05, 3.63) is 60.2 Å². The molecular formula is C18H20N2O3S. The Kier molecular flexibility index (Phi) is 6.69. The number of rotatable bonds is 8. The summed E-state index contributed by atoms with van der Waals surface area (Å²) in [7, 11) is 0. The second kappa shape index (κ2) is 8.98. The average molecular weight is 344 g/mol. The molecule has 2 aromatic rings. The number of hydrogen-bond acceptors (Lipinski definition) is 4. The van der Waals surface area contributed by atoms with E-state index < -0.39 is 11.9 Å². The van der Waals surface area contributed by atoms with E-state index in [4.69, 9.17) is 10.5 Å². The molecule has 0 spiro atoms. The van der Waals surface area contributed by atoms with Gasteiger partial charge in [0.2, 0.25) is 11.8 Å². The fourth-order valence-electron chi connectivity index (χ4n) is 2.11. The van der Waals surface area contributed by atoms with Crippen molar-refractivity contribution in [2.45, 2.75) is 17.9 Å². The molecule has 0 saturated carbocycles. The molecule has 24 heavy (non-hydrogen) atoms. The molecule has 0 bridgehead atoms. The van der Waals surface area contributed by atoms with E-state index in [2.05, 4.69) is 5.32 Å². The van der Waals surface area contributed by atoms with E-state index in [1.165, 1.54) is 11.8 Å². The maximum atomic E-state index is 12.1. The molecule has 0 aliphatic carbocycles. The van der Waals surface area contributed by atoms with Gasteiger partial charge in [0, 0.05) is 4.90 Å². The van der Waals surface area contributed by atoms with Crippen molar-refractivity contribution in [1.82, 2.24) is 5.32 Å². The zero-order chi connectivity index (χ0) is 17.4. The van der Waals surface area contributed by atoms with Crippen LogP contribution >= 0.6 is 11.8 Å². The molecule has 5 nitrogen and oxygen atoms in total. The second-order valence-corrected chi connectivity index (χ2v) is 6.06.